The fourth-order valence-electron chi connectivity index (χ4n) is 2.09. The van der Waals surface area contributed by atoms with E-state index in [4.69, 9.17) is 4.74 Å². The van der Waals surface area contributed by atoms with E-state index in [1.807, 2.05) is 24.3 Å². The number of fused-ring (bicyclic) bond motifs is 1. The first kappa shape index (κ1) is 14.9. The number of methoxy groups -OCH3 is 1. The molecule has 0 bridgehead atoms. The van der Waals surface area contributed by atoms with Crippen LogP contribution < -0.4 is 10.2 Å². The van der Waals surface area contributed by atoms with E-state index in [9.17, 15) is 9.59 Å². The summed E-state index contributed by atoms with van der Waals surface area (Å²) in [5, 5.41) is 2.74. The molecule has 2 rings (SSSR count). The maximum Gasteiger partial charge on any atom is 0.252 e. The number of ether oxygens (including phenoxy) is 1. The highest BCUT2D eigenvalue weighted by Gasteiger charge is 2.47. The molecule has 0 radical (unpaired) electrons. The number of carbonyl (C=O) groups is 2. The summed E-state index contributed by atoms with van der Waals surface area (Å²) in [6, 6.07) is 7.58. The predicted molar refractivity (Wildman–Crippen MR) is 79.0 cm³/mol. The molecule has 2 amide bonds. The molecule has 1 aromatic carbocycles. The van der Waals surface area contributed by atoms with Crippen LogP contribution in [0.3, 0.4) is 0 Å². The lowest BCUT2D eigenvalue weighted by Gasteiger charge is -2.36. The Hall–Kier alpha value is -1.53. The number of nitrogens with zero attached hydrogens (tertiary/aromatic N) is 1. The van der Waals surface area contributed by atoms with Gasteiger partial charge in [0.05, 0.1) is 12.3 Å². The van der Waals surface area contributed by atoms with Gasteiger partial charge in [0, 0.05) is 25.6 Å². The molecule has 1 atom stereocenters. The number of hydrogen-bond acceptors (Lipinski definition) is 4. The number of rotatable bonds is 4. The Bertz CT molecular complexity index is 535. The van der Waals surface area contributed by atoms with Gasteiger partial charge in [0.1, 0.15) is 0 Å². The zero-order chi connectivity index (χ0) is 14.8. The van der Waals surface area contributed by atoms with Gasteiger partial charge in [0.2, 0.25) is 5.91 Å². The fraction of sp³-hybridized carbons (Fsp3) is 0.429. The molecule has 0 aromatic heterocycles. The Morgan fingerprint density at radius 1 is 1.45 bits per heavy atom. The summed E-state index contributed by atoms with van der Waals surface area (Å²) in [4.78, 5) is 27.3. The number of nitrogens with one attached hydrogen (secondary N) is 1. The summed E-state index contributed by atoms with van der Waals surface area (Å²) in [5.41, 5.74) is 0.838. The lowest BCUT2D eigenvalue weighted by atomic mass is 10.1. The molecule has 1 aliphatic rings. The van der Waals surface area contributed by atoms with Gasteiger partial charge in [0.25, 0.3) is 5.91 Å². The lowest BCUT2D eigenvalue weighted by Crippen LogP contribution is -2.55. The number of benzene rings is 1. The molecule has 0 saturated carbocycles. The van der Waals surface area contributed by atoms with Gasteiger partial charge in [-0.1, -0.05) is 23.9 Å². The van der Waals surface area contributed by atoms with Gasteiger partial charge in [-0.2, -0.15) is 0 Å². The van der Waals surface area contributed by atoms with Crippen LogP contribution in [0.25, 0.3) is 0 Å². The number of anilines is 1. The third-order valence-corrected chi connectivity index (χ3v) is 4.61. The van der Waals surface area contributed by atoms with Crippen molar-refractivity contribution in [1.82, 2.24) is 5.32 Å². The minimum Gasteiger partial charge on any atom is -0.383 e. The molecule has 20 heavy (non-hydrogen) atoms. The number of carbonyl (C=O) groups excluding carboxylic acids is 2. The van der Waals surface area contributed by atoms with Gasteiger partial charge in [-0.15, -0.1) is 0 Å². The van der Waals surface area contributed by atoms with Crippen molar-refractivity contribution in [3.8, 4) is 0 Å². The molecule has 0 spiro atoms. The third kappa shape index (κ3) is 2.53. The van der Waals surface area contributed by atoms with E-state index in [1.54, 1.807) is 26.0 Å². The van der Waals surface area contributed by atoms with Gasteiger partial charge in [-0.05, 0) is 19.1 Å². The summed E-state index contributed by atoms with van der Waals surface area (Å²) in [5.74, 6) is -0.498. The standard InChI is InChI=1S/C14H18N2O3S/c1-14(12(17)15-8-9-19-3)13(18)16(2)10-6-4-5-7-11(10)20-14/h4-7H,8-9H2,1-3H3,(H,15,17)/t14-/m0/s1. The second-order valence-corrected chi connectivity index (χ2v) is 6.18. The van der Waals surface area contributed by atoms with E-state index >= 15 is 0 Å². The van der Waals surface area contributed by atoms with Crippen LogP contribution in [-0.4, -0.2) is 43.9 Å². The van der Waals surface area contributed by atoms with Gasteiger partial charge in [-0.3, -0.25) is 9.59 Å². The average Bonchev–Trinajstić information content (AvgIpc) is 2.45. The summed E-state index contributed by atoms with van der Waals surface area (Å²) in [6.07, 6.45) is 0. The highest BCUT2D eigenvalue weighted by Crippen LogP contribution is 2.44. The van der Waals surface area contributed by atoms with Crippen molar-refractivity contribution in [3.63, 3.8) is 0 Å². The largest absolute Gasteiger partial charge is 0.383 e. The van der Waals surface area contributed by atoms with Crippen LogP contribution in [-0.2, 0) is 14.3 Å². The van der Waals surface area contributed by atoms with Crippen molar-refractivity contribution in [1.29, 1.82) is 0 Å². The molecule has 1 aromatic rings. The van der Waals surface area contributed by atoms with E-state index < -0.39 is 4.75 Å². The predicted octanol–water partition coefficient (Wildman–Crippen LogP) is 1.28. The second-order valence-electron chi connectivity index (χ2n) is 4.72. The van der Waals surface area contributed by atoms with Crippen molar-refractivity contribution in [2.24, 2.45) is 0 Å². The number of hydrogen-bond donors (Lipinski definition) is 1. The summed E-state index contributed by atoms with van der Waals surface area (Å²) in [7, 11) is 3.26. The first-order valence-electron chi connectivity index (χ1n) is 6.34. The zero-order valence-electron chi connectivity index (χ0n) is 11.8. The van der Waals surface area contributed by atoms with Crippen LogP contribution in [0, 0.1) is 0 Å². The summed E-state index contributed by atoms with van der Waals surface area (Å²) in [6.45, 7) is 2.48. The van der Waals surface area contributed by atoms with Crippen molar-refractivity contribution in [2.75, 3.05) is 32.2 Å². The molecule has 108 valence electrons. The van der Waals surface area contributed by atoms with Crippen LogP contribution in [0.15, 0.2) is 29.2 Å². The van der Waals surface area contributed by atoms with Crippen molar-refractivity contribution in [3.05, 3.63) is 24.3 Å². The van der Waals surface area contributed by atoms with Gasteiger partial charge in [0.15, 0.2) is 4.75 Å². The highest BCUT2D eigenvalue weighted by molar-refractivity contribution is 8.02. The van der Waals surface area contributed by atoms with E-state index in [0.717, 1.165) is 10.6 Å². The average molecular weight is 294 g/mol. The molecule has 1 aliphatic heterocycles. The topological polar surface area (TPSA) is 58.6 Å². The van der Waals surface area contributed by atoms with E-state index in [0.29, 0.717) is 13.2 Å². The van der Waals surface area contributed by atoms with Gasteiger partial charge in [-0.25, -0.2) is 0 Å². The molecule has 0 unspecified atom stereocenters. The fourth-order valence-corrected chi connectivity index (χ4v) is 3.38. The molecule has 0 fully saturated rings. The molecule has 6 heteroatoms. The van der Waals surface area contributed by atoms with Crippen LogP contribution in [0.5, 0.6) is 0 Å². The maximum absolute atomic E-state index is 12.5. The molecular formula is C14H18N2O3S. The zero-order valence-corrected chi connectivity index (χ0v) is 12.6. The third-order valence-electron chi connectivity index (χ3n) is 3.28. The quantitative estimate of drug-likeness (QED) is 0.671. The van der Waals surface area contributed by atoms with Gasteiger partial charge >= 0.3 is 0 Å². The van der Waals surface area contributed by atoms with E-state index in [-0.39, 0.29) is 11.8 Å². The van der Waals surface area contributed by atoms with Crippen molar-refractivity contribution >= 4 is 29.3 Å². The summed E-state index contributed by atoms with van der Waals surface area (Å²) < 4.78 is 3.76. The Morgan fingerprint density at radius 2 is 2.15 bits per heavy atom. The number of para-hydroxylation sites is 1. The molecule has 0 aliphatic carbocycles. The monoisotopic (exact) mass is 294 g/mol. The summed E-state index contributed by atoms with van der Waals surface area (Å²) >= 11 is 1.29. The molecule has 1 heterocycles. The first-order chi connectivity index (χ1) is 9.50. The molecular weight excluding hydrogens is 276 g/mol. The van der Waals surface area contributed by atoms with Crippen LogP contribution in [0.2, 0.25) is 0 Å². The lowest BCUT2D eigenvalue weighted by molar-refractivity contribution is -0.131. The van der Waals surface area contributed by atoms with Crippen molar-refractivity contribution < 1.29 is 14.3 Å². The molecule has 1 N–H and O–H groups in total. The molecule has 0 saturated heterocycles. The van der Waals surface area contributed by atoms with Crippen LogP contribution in [0.1, 0.15) is 6.92 Å². The van der Waals surface area contributed by atoms with E-state index in [2.05, 4.69) is 5.32 Å². The van der Waals surface area contributed by atoms with Crippen molar-refractivity contribution in [2.45, 2.75) is 16.6 Å². The Balaban J connectivity index is 2.24. The minimum absolute atomic E-state index is 0.212. The Labute approximate surface area is 122 Å². The minimum atomic E-state index is -1.14. The Kier molecular flexibility index (Phi) is 4.35. The maximum atomic E-state index is 12.5. The van der Waals surface area contributed by atoms with Crippen LogP contribution >= 0.6 is 11.8 Å². The normalized spacial score (nSPS) is 21.6. The Morgan fingerprint density at radius 3 is 2.85 bits per heavy atom. The van der Waals surface area contributed by atoms with Gasteiger partial charge < -0.3 is 15.0 Å². The molecule has 5 nitrogen and oxygen atoms in total. The van der Waals surface area contributed by atoms with Crippen LogP contribution in [0.4, 0.5) is 5.69 Å². The van der Waals surface area contributed by atoms with E-state index in [1.165, 1.54) is 11.8 Å². The smallest absolute Gasteiger partial charge is 0.252 e. The SMILES string of the molecule is COCCNC(=O)[C@]1(C)Sc2ccccc2N(C)C1=O. The highest BCUT2D eigenvalue weighted by atomic mass is 32.2. The second kappa shape index (κ2) is 5.85. The number of thioether (sulfide) groups is 1. The first-order valence-corrected chi connectivity index (χ1v) is 7.16. The number of amides is 2.